The average molecular weight is 387 g/mol. The zero-order chi connectivity index (χ0) is 20.3. The smallest absolute Gasteiger partial charge is 0.392 e. The third-order valence-corrected chi connectivity index (χ3v) is 3.99. The first-order valence-corrected chi connectivity index (χ1v) is 8.29. The molecule has 1 aromatic carbocycles. The van der Waals surface area contributed by atoms with E-state index in [0.717, 1.165) is 6.08 Å². The number of carbonyl (C=O) groups excluding carboxylic acids is 1. The Hall–Kier alpha value is -3.26. The van der Waals surface area contributed by atoms with Gasteiger partial charge in [-0.05, 0) is 41.8 Å². The summed E-state index contributed by atoms with van der Waals surface area (Å²) in [5.74, 6) is -0.406. The summed E-state index contributed by atoms with van der Waals surface area (Å²) in [6.07, 6.45) is -0.295. The maximum absolute atomic E-state index is 12.5. The molecule has 0 saturated heterocycles. The number of hydrogen-bond donors (Lipinski definition) is 2. The molecule has 2 N–H and O–H groups in total. The van der Waals surface area contributed by atoms with Crippen molar-refractivity contribution in [1.82, 2.24) is 9.97 Å². The molecule has 2 aromatic heterocycles. The van der Waals surface area contributed by atoms with Crippen LogP contribution < -0.4 is 5.32 Å². The number of halogens is 3. The number of aliphatic hydroxyl groups excluding tert-OH is 1. The van der Waals surface area contributed by atoms with E-state index < -0.39 is 12.1 Å². The summed E-state index contributed by atoms with van der Waals surface area (Å²) in [5.41, 5.74) is 3.44. The molecule has 0 atom stereocenters. The molecule has 28 heavy (non-hydrogen) atoms. The SMILES string of the molecule is Cc1cc(/C=C/C(F)(F)F)ccc1C(=O)Nc1cnc2cc(CO)cnc2c1. The Balaban J connectivity index is 1.79. The van der Waals surface area contributed by atoms with Crippen molar-refractivity contribution < 1.29 is 23.1 Å². The van der Waals surface area contributed by atoms with Crippen LogP contribution in [0.1, 0.15) is 27.0 Å². The topological polar surface area (TPSA) is 75.1 Å². The number of benzene rings is 1. The molecule has 3 rings (SSSR count). The van der Waals surface area contributed by atoms with Gasteiger partial charge in [0.05, 0.1) is 29.5 Å². The summed E-state index contributed by atoms with van der Waals surface area (Å²) >= 11 is 0. The van der Waals surface area contributed by atoms with Crippen molar-refractivity contribution >= 4 is 28.7 Å². The first-order valence-electron chi connectivity index (χ1n) is 8.29. The summed E-state index contributed by atoms with van der Waals surface area (Å²) in [7, 11) is 0. The molecule has 0 bridgehead atoms. The van der Waals surface area contributed by atoms with Crippen LogP contribution in [0.4, 0.5) is 18.9 Å². The first-order chi connectivity index (χ1) is 13.2. The fourth-order valence-electron chi connectivity index (χ4n) is 2.63. The predicted octanol–water partition coefficient (Wildman–Crippen LogP) is 4.26. The maximum atomic E-state index is 12.5. The van der Waals surface area contributed by atoms with Crippen LogP contribution in [0.2, 0.25) is 0 Å². The molecule has 0 spiro atoms. The summed E-state index contributed by atoms with van der Waals surface area (Å²) in [4.78, 5) is 20.9. The van der Waals surface area contributed by atoms with Gasteiger partial charge >= 0.3 is 6.18 Å². The number of anilines is 1. The number of nitrogens with zero attached hydrogens (tertiary/aromatic N) is 2. The van der Waals surface area contributed by atoms with Crippen molar-refractivity contribution in [1.29, 1.82) is 0 Å². The fraction of sp³-hybridized carbons (Fsp3) is 0.150. The molecule has 0 fully saturated rings. The molecule has 3 aromatic rings. The van der Waals surface area contributed by atoms with Crippen molar-refractivity contribution in [2.45, 2.75) is 19.7 Å². The largest absolute Gasteiger partial charge is 0.409 e. The summed E-state index contributed by atoms with van der Waals surface area (Å²) in [6.45, 7) is 1.51. The van der Waals surface area contributed by atoms with E-state index in [0.29, 0.717) is 39.0 Å². The zero-order valence-electron chi connectivity index (χ0n) is 14.8. The van der Waals surface area contributed by atoms with Crippen LogP contribution in [-0.2, 0) is 6.61 Å². The lowest BCUT2D eigenvalue weighted by Crippen LogP contribution is -2.13. The highest BCUT2D eigenvalue weighted by molar-refractivity contribution is 6.05. The third-order valence-electron chi connectivity index (χ3n) is 3.99. The Kier molecular flexibility index (Phi) is 5.41. The second-order valence-electron chi connectivity index (χ2n) is 6.17. The number of nitrogens with one attached hydrogen (secondary N) is 1. The van der Waals surface area contributed by atoms with Gasteiger partial charge in [0.15, 0.2) is 0 Å². The van der Waals surface area contributed by atoms with E-state index in [1.165, 1.54) is 30.6 Å². The Morgan fingerprint density at radius 2 is 1.86 bits per heavy atom. The highest BCUT2D eigenvalue weighted by Crippen LogP contribution is 2.21. The molecule has 0 aliphatic carbocycles. The number of pyridine rings is 2. The predicted molar refractivity (Wildman–Crippen MR) is 99.7 cm³/mol. The highest BCUT2D eigenvalue weighted by atomic mass is 19.4. The number of aromatic nitrogens is 2. The molecule has 0 radical (unpaired) electrons. The number of carbonyl (C=O) groups is 1. The van der Waals surface area contributed by atoms with Crippen LogP contribution in [0.25, 0.3) is 17.1 Å². The Labute approximate surface area is 158 Å². The number of alkyl halides is 3. The van der Waals surface area contributed by atoms with Crippen LogP contribution in [0, 0.1) is 6.92 Å². The number of rotatable bonds is 4. The van der Waals surface area contributed by atoms with Crippen molar-refractivity contribution in [2.24, 2.45) is 0 Å². The maximum Gasteiger partial charge on any atom is 0.409 e. The number of amides is 1. The van der Waals surface area contributed by atoms with Gasteiger partial charge in [0, 0.05) is 17.8 Å². The molecule has 5 nitrogen and oxygen atoms in total. The lowest BCUT2D eigenvalue weighted by molar-refractivity contribution is -0.0790. The van der Waals surface area contributed by atoms with E-state index in [1.807, 2.05) is 0 Å². The first kappa shape index (κ1) is 19.5. The molecule has 0 aliphatic rings. The standard InChI is InChI=1S/C20H16F3N3O2/c1-12-6-13(4-5-20(21,22)23)2-3-16(12)19(28)26-15-8-18-17(25-10-15)7-14(11-27)9-24-18/h2-10,27H,11H2,1H3,(H,26,28)/b5-4+. The van der Waals surface area contributed by atoms with E-state index in [-0.39, 0.29) is 12.7 Å². The molecular weight excluding hydrogens is 371 g/mol. The van der Waals surface area contributed by atoms with Gasteiger partial charge in [0.2, 0.25) is 0 Å². The van der Waals surface area contributed by atoms with Gasteiger partial charge in [-0.15, -0.1) is 0 Å². The van der Waals surface area contributed by atoms with Gasteiger partial charge in [-0.1, -0.05) is 18.2 Å². The van der Waals surface area contributed by atoms with Crippen LogP contribution in [0.15, 0.2) is 48.8 Å². The minimum Gasteiger partial charge on any atom is -0.392 e. The third kappa shape index (κ3) is 4.72. The molecule has 0 saturated carbocycles. The molecule has 8 heteroatoms. The minimum atomic E-state index is -4.39. The van der Waals surface area contributed by atoms with E-state index in [4.69, 9.17) is 5.11 Å². The van der Waals surface area contributed by atoms with Crippen molar-refractivity contribution in [3.8, 4) is 0 Å². The quantitative estimate of drug-likeness (QED) is 0.702. The van der Waals surface area contributed by atoms with Gasteiger partial charge in [0.1, 0.15) is 0 Å². The van der Waals surface area contributed by atoms with Gasteiger partial charge in [0.25, 0.3) is 5.91 Å². The monoisotopic (exact) mass is 387 g/mol. The highest BCUT2D eigenvalue weighted by Gasteiger charge is 2.21. The van der Waals surface area contributed by atoms with Crippen molar-refractivity contribution in [2.75, 3.05) is 5.32 Å². The number of hydrogen-bond acceptors (Lipinski definition) is 4. The van der Waals surface area contributed by atoms with E-state index in [9.17, 15) is 18.0 Å². The fourth-order valence-corrected chi connectivity index (χ4v) is 2.63. The van der Waals surface area contributed by atoms with Crippen LogP contribution in [0.5, 0.6) is 0 Å². The van der Waals surface area contributed by atoms with Crippen LogP contribution >= 0.6 is 0 Å². The Morgan fingerprint density at radius 1 is 1.14 bits per heavy atom. The summed E-state index contributed by atoms with van der Waals surface area (Å²) < 4.78 is 36.8. The summed E-state index contributed by atoms with van der Waals surface area (Å²) in [5, 5.41) is 11.8. The molecule has 2 heterocycles. The second-order valence-corrected chi connectivity index (χ2v) is 6.17. The molecule has 0 unspecified atom stereocenters. The number of aryl methyl sites for hydroxylation is 1. The van der Waals surface area contributed by atoms with Gasteiger partial charge < -0.3 is 10.4 Å². The van der Waals surface area contributed by atoms with Crippen molar-refractivity contribution in [3.05, 3.63) is 71.1 Å². The van der Waals surface area contributed by atoms with Crippen LogP contribution in [-0.4, -0.2) is 27.2 Å². The number of fused-ring (bicyclic) bond motifs is 1. The lowest BCUT2D eigenvalue weighted by atomic mass is 10.0. The summed E-state index contributed by atoms with van der Waals surface area (Å²) in [6, 6.07) is 7.78. The van der Waals surface area contributed by atoms with E-state index >= 15 is 0 Å². The zero-order valence-corrected chi connectivity index (χ0v) is 14.8. The Bertz CT molecular complexity index is 1060. The van der Waals surface area contributed by atoms with Gasteiger partial charge in [-0.25, -0.2) is 0 Å². The number of allylic oxidation sites excluding steroid dienone is 1. The molecule has 1 amide bonds. The normalized spacial score (nSPS) is 11.9. The second kappa shape index (κ2) is 7.77. The van der Waals surface area contributed by atoms with Gasteiger partial charge in [-0.3, -0.25) is 14.8 Å². The molecule has 144 valence electrons. The lowest BCUT2D eigenvalue weighted by Gasteiger charge is -2.09. The molecular formula is C20H16F3N3O2. The van der Waals surface area contributed by atoms with E-state index in [2.05, 4.69) is 15.3 Å². The average Bonchev–Trinajstić information content (AvgIpc) is 2.65. The van der Waals surface area contributed by atoms with Crippen molar-refractivity contribution in [3.63, 3.8) is 0 Å². The molecule has 0 aliphatic heterocycles. The van der Waals surface area contributed by atoms with Gasteiger partial charge in [-0.2, -0.15) is 13.2 Å². The Morgan fingerprint density at radius 3 is 2.54 bits per heavy atom. The van der Waals surface area contributed by atoms with E-state index in [1.54, 1.807) is 19.1 Å². The number of aliphatic hydroxyl groups is 1. The minimum absolute atomic E-state index is 0.142. The van der Waals surface area contributed by atoms with Crippen LogP contribution in [0.3, 0.4) is 0 Å².